The fourth-order valence-electron chi connectivity index (χ4n) is 2.47. The standard InChI is InChI=1S/C12H20N2O5S/c1-13(7-12(18)2-4-19-5-3-12)11(17)14-8-20-6-9(14)10(15)16/h9,18H,2-8H2,1H3,(H,15,16)/t9-/m0/s1. The highest BCUT2D eigenvalue weighted by molar-refractivity contribution is 7.99. The summed E-state index contributed by atoms with van der Waals surface area (Å²) in [7, 11) is 1.59. The number of likely N-dealkylation sites (N-methyl/N-ethyl adjacent to an activating group) is 1. The number of hydrogen-bond donors (Lipinski definition) is 2. The molecule has 20 heavy (non-hydrogen) atoms. The lowest BCUT2D eigenvalue weighted by Gasteiger charge is -2.37. The number of amides is 2. The number of nitrogens with zero attached hydrogens (tertiary/aromatic N) is 2. The summed E-state index contributed by atoms with van der Waals surface area (Å²) in [5.74, 6) is -0.198. The molecule has 0 saturated carbocycles. The summed E-state index contributed by atoms with van der Waals surface area (Å²) in [6, 6.07) is -1.12. The highest BCUT2D eigenvalue weighted by Gasteiger charge is 2.38. The third-order valence-electron chi connectivity index (χ3n) is 3.69. The van der Waals surface area contributed by atoms with Crippen LogP contribution in [0.1, 0.15) is 12.8 Å². The maximum atomic E-state index is 12.3. The molecule has 114 valence electrons. The van der Waals surface area contributed by atoms with Gasteiger partial charge < -0.3 is 24.7 Å². The molecule has 2 heterocycles. The van der Waals surface area contributed by atoms with Gasteiger partial charge in [0.1, 0.15) is 6.04 Å². The quantitative estimate of drug-likeness (QED) is 0.765. The van der Waals surface area contributed by atoms with Crippen LogP contribution in [0.5, 0.6) is 0 Å². The molecule has 1 atom stereocenters. The molecule has 2 aliphatic heterocycles. The number of carbonyl (C=O) groups excluding carboxylic acids is 1. The van der Waals surface area contributed by atoms with Crippen molar-refractivity contribution < 1.29 is 24.5 Å². The van der Waals surface area contributed by atoms with Gasteiger partial charge in [0.25, 0.3) is 0 Å². The number of hydrogen-bond acceptors (Lipinski definition) is 5. The molecule has 0 aromatic rings. The smallest absolute Gasteiger partial charge is 0.327 e. The molecule has 7 nitrogen and oxygen atoms in total. The fourth-order valence-corrected chi connectivity index (χ4v) is 3.61. The first-order valence-corrected chi connectivity index (χ1v) is 7.71. The van der Waals surface area contributed by atoms with Gasteiger partial charge in [-0.2, -0.15) is 0 Å². The van der Waals surface area contributed by atoms with E-state index in [9.17, 15) is 14.7 Å². The topological polar surface area (TPSA) is 90.3 Å². The predicted octanol–water partition coefficient (Wildman–Crippen LogP) is 0.0392. The SMILES string of the molecule is CN(CC1(O)CCOCC1)C(=O)N1CSC[C@H]1C(=O)O. The van der Waals surface area contributed by atoms with Gasteiger partial charge in [-0.3, -0.25) is 0 Å². The number of thioether (sulfide) groups is 1. The third-order valence-corrected chi connectivity index (χ3v) is 4.71. The first kappa shape index (κ1) is 15.4. The van der Waals surface area contributed by atoms with Crippen LogP contribution >= 0.6 is 11.8 Å². The second-order valence-electron chi connectivity index (χ2n) is 5.30. The number of aliphatic hydroxyl groups is 1. The molecule has 0 aromatic carbocycles. The van der Waals surface area contributed by atoms with Crippen molar-refractivity contribution in [2.75, 3.05) is 38.4 Å². The third kappa shape index (κ3) is 3.36. The summed E-state index contributed by atoms with van der Waals surface area (Å²) < 4.78 is 5.20. The molecule has 0 aromatic heterocycles. The van der Waals surface area contributed by atoms with Crippen LogP contribution in [0.3, 0.4) is 0 Å². The van der Waals surface area contributed by atoms with Gasteiger partial charge in [0.05, 0.1) is 18.0 Å². The van der Waals surface area contributed by atoms with Crippen molar-refractivity contribution in [1.29, 1.82) is 0 Å². The zero-order chi connectivity index (χ0) is 14.8. The van der Waals surface area contributed by atoms with Crippen molar-refractivity contribution in [2.45, 2.75) is 24.5 Å². The van der Waals surface area contributed by atoms with Crippen LogP contribution in [0.4, 0.5) is 4.79 Å². The molecule has 2 amide bonds. The first-order chi connectivity index (χ1) is 9.43. The van der Waals surface area contributed by atoms with Crippen LogP contribution in [0, 0.1) is 0 Å². The van der Waals surface area contributed by atoms with Crippen molar-refractivity contribution in [3.05, 3.63) is 0 Å². The Morgan fingerprint density at radius 1 is 1.45 bits per heavy atom. The largest absolute Gasteiger partial charge is 0.480 e. The number of carboxylic acids is 1. The summed E-state index contributed by atoms with van der Waals surface area (Å²) in [4.78, 5) is 26.2. The van der Waals surface area contributed by atoms with Crippen molar-refractivity contribution in [3.8, 4) is 0 Å². The number of aliphatic carboxylic acids is 1. The summed E-state index contributed by atoms with van der Waals surface area (Å²) in [5, 5.41) is 19.5. The van der Waals surface area contributed by atoms with Gasteiger partial charge in [-0.05, 0) is 0 Å². The van der Waals surface area contributed by atoms with Gasteiger partial charge in [-0.1, -0.05) is 0 Å². The Morgan fingerprint density at radius 2 is 2.10 bits per heavy atom. The first-order valence-electron chi connectivity index (χ1n) is 6.55. The minimum atomic E-state index is -0.985. The Kier molecular flexibility index (Phi) is 4.77. The molecular weight excluding hydrogens is 284 g/mol. The lowest BCUT2D eigenvalue weighted by atomic mass is 9.94. The van der Waals surface area contributed by atoms with Gasteiger partial charge in [0.2, 0.25) is 0 Å². The van der Waals surface area contributed by atoms with E-state index < -0.39 is 17.6 Å². The highest BCUT2D eigenvalue weighted by atomic mass is 32.2. The summed E-state index contributed by atoms with van der Waals surface area (Å²) >= 11 is 1.42. The molecule has 2 fully saturated rings. The monoisotopic (exact) mass is 304 g/mol. The average Bonchev–Trinajstić information content (AvgIpc) is 2.87. The Labute approximate surface area is 121 Å². The molecule has 2 rings (SSSR count). The van der Waals surface area contributed by atoms with E-state index in [0.29, 0.717) is 37.7 Å². The second kappa shape index (κ2) is 6.19. The fraction of sp³-hybridized carbons (Fsp3) is 0.833. The lowest BCUT2D eigenvalue weighted by molar-refractivity contribution is -0.141. The average molecular weight is 304 g/mol. The van der Waals surface area contributed by atoms with Crippen LogP contribution in [-0.2, 0) is 9.53 Å². The van der Waals surface area contributed by atoms with Crippen molar-refractivity contribution in [2.24, 2.45) is 0 Å². The Hall–Kier alpha value is -0.990. The van der Waals surface area contributed by atoms with Crippen LogP contribution in [0.2, 0.25) is 0 Å². The Morgan fingerprint density at radius 3 is 2.70 bits per heavy atom. The van der Waals surface area contributed by atoms with Gasteiger partial charge in [0, 0.05) is 38.9 Å². The van der Waals surface area contributed by atoms with Crippen LogP contribution in [0.15, 0.2) is 0 Å². The van der Waals surface area contributed by atoms with Gasteiger partial charge in [-0.25, -0.2) is 9.59 Å². The lowest BCUT2D eigenvalue weighted by Crippen LogP contribution is -2.53. The minimum Gasteiger partial charge on any atom is -0.480 e. The van der Waals surface area contributed by atoms with Gasteiger partial charge in [0.15, 0.2) is 0 Å². The minimum absolute atomic E-state index is 0.197. The molecule has 0 spiro atoms. The zero-order valence-corrected chi connectivity index (χ0v) is 12.3. The molecule has 8 heteroatoms. The molecule has 0 aliphatic carbocycles. The van der Waals surface area contributed by atoms with Crippen LogP contribution < -0.4 is 0 Å². The molecule has 2 aliphatic rings. The van der Waals surface area contributed by atoms with E-state index in [1.54, 1.807) is 7.05 Å². The van der Waals surface area contributed by atoms with E-state index in [1.807, 2.05) is 0 Å². The van der Waals surface area contributed by atoms with E-state index in [2.05, 4.69) is 0 Å². The van der Waals surface area contributed by atoms with E-state index in [4.69, 9.17) is 9.84 Å². The maximum Gasteiger partial charge on any atom is 0.327 e. The molecular formula is C12H20N2O5S. The van der Waals surface area contributed by atoms with Gasteiger partial charge in [-0.15, -0.1) is 11.8 Å². The number of urea groups is 1. The Balaban J connectivity index is 1.96. The van der Waals surface area contributed by atoms with Crippen molar-refractivity contribution in [3.63, 3.8) is 0 Å². The van der Waals surface area contributed by atoms with Crippen LogP contribution in [0.25, 0.3) is 0 Å². The van der Waals surface area contributed by atoms with Crippen molar-refractivity contribution >= 4 is 23.8 Å². The van der Waals surface area contributed by atoms with E-state index in [0.717, 1.165) is 0 Å². The van der Waals surface area contributed by atoms with Crippen molar-refractivity contribution in [1.82, 2.24) is 9.80 Å². The maximum absolute atomic E-state index is 12.3. The predicted molar refractivity (Wildman–Crippen MR) is 73.6 cm³/mol. The van der Waals surface area contributed by atoms with E-state index in [-0.39, 0.29) is 12.6 Å². The van der Waals surface area contributed by atoms with E-state index >= 15 is 0 Å². The zero-order valence-electron chi connectivity index (χ0n) is 11.4. The number of carbonyl (C=O) groups is 2. The molecule has 0 unspecified atom stereocenters. The summed E-state index contributed by atoms with van der Waals surface area (Å²) in [5.41, 5.74) is -0.936. The number of rotatable bonds is 3. The summed E-state index contributed by atoms with van der Waals surface area (Å²) in [6.45, 7) is 1.16. The summed E-state index contributed by atoms with van der Waals surface area (Å²) in [6.07, 6.45) is 0.976. The molecule has 2 N–H and O–H groups in total. The highest BCUT2D eigenvalue weighted by Crippen LogP contribution is 2.25. The van der Waals surface area contributed by atoms with E-state index in [1.165, 1.54) is 21.6 Å². The molecule has 0 radical (unpaired) electrons. The molecule has 2 saturated heterocycles. The van der Waals surface area contributed by atoms with Crippen LogP contribution in [-0.4, -0.2) is 82.1 Å². The number of ether oxygens (including phenoxy) is 1. The van der Waals surface area contributed by atoms with Gasteiger partial charge >= 0.3 is 12.0 Å². The molecule has 0 bridgehead atoms. The number of carboxylic acid groups (broad SMARTS) is 1. The normalized spacial score (nSPS) is 25.5. The second-order valence-corrected chi connectivity index (χ2v) is 6.30. The Bertz CT molecular complexity index is 386.